The molecule has 2 aromatic carbocycles. The van der Waals surface area contributed by atoms with E-state index in [1.54, 1.807) is 0 Å². The predicted molar refractivity (Wildman–Crippen MR) is 128 cm³/mol. The molecule has 0 atom stereocenters. The molecule has 2 heterocycles. The molecule has 3 aromatic rings. The maximum absolute atomic E-state index is 13.8. The highest BCUT2D eigenvalue weighted by Crippen LogP contribution is 2.35. The number of ether oxygens (including phenoxy) is 1. The molecule has 0 bridgehead atoms. The lowest BCUT2D eigenvalue weighted by molar-refractivity contribution is -0.147. The number of amides is 1. The number of nitrogens with zero attached hydrogens (tertiary/aromatic N) is 3. The second-order valence-electron chi connectivity index (χ2n) is 8.52. The molecule has 194 valence electrons. The molecule has 0 saturated carbocycles. The summed E-state index contributed by atoms with van der Waals surface area (Å²) >= 11 is 0. The summed E-state index contributed by atoms with van der Waals surface area (Å²) in [7, 11) is -2.73. The van der Waals surface area contributed by atoms with Gasteiger partial charge in [-0.2, -0.15) is 13.2 Å². The minimum atomic E-state index is -4.66. The van der Waals surface area contributed by atoms with Gasteiger partial charge in [0.2, 0.25) is 11.7 Å². The molecule has 1 aromatic heterocycles. The van der Waals surface area contributed by atoms with Gasteiger partial charge in [-0.15, -0.1) is 0 Å². The number of hydrogen-bond acceptors (Lipinski definition) is 6. The van der Waals surface area contributed by atoms with Crippen molar-refractivity contribution in [1.82, 2.24) is 9.55 Å². The van der Waals surface area contributed by atoms with Gasteiger partial charge < -0.3 is 20.4 Å². The van der Waals surface area contributed by atoms with Crippen molar-refractivity contribution in [2.24, 2.45) is 11.7 Å². The second-order valence-corrected chi connectivity index (χ2v) is 10.5. The molecule has 13 heteroatoms. The minimum absolute atomic E-state index is 0.0255. The Labute approximate surface area is 206 Å². The van der Waals surface area contributed by atoms with Gasteiger partial charge in [-0.05, 0) is 61.2 Å². The van der Waals surface area contributed by atoms with E-state index >= 15 is 0 Å². The van der Waals surface area contributed by atoms with Crippen LogP contribution in [0.1, 0.15) is 18.7 Å². The van der Waals surface area contributed by atoms with Crippen LogP contribution in [-0.2, 0) is 32.3 Å². The first-order valence-electron chi connectivity index (χ1n) is 11.2. The fourth-order valence-electron chi connectivity index (χ4n) is 4.12. The highest BCUT2D eigenvalue weighted by Gasteiger charge is 2.38. The van der Waals surface area contributed by atoms with Crippen LogP contribution in [0.3, 0.4) is 0 Å². The molecule has 3 N–H and O–H groups in total. The third kappa shape index (κ3) is 5.32. The van der Waals surface area contributed by atoms with E-state index < -0.39 is 27.9 Å². The van der Waals surface area contributed by atoms with Crippen LogP contribution in [0.15, 0.2) is 47.4 Å². The SMILES string of the molecule is CN(c1ccc2c(c1)nc(C(F)(F)F)n2CC1CCOCC1)S(=O)(=O)c1ccc(NC(=O)CN)cc1. The van der Waals surface area contributed by atoms with E-state index in [1.807, 2.05) is 0 Å². The summed E-state index contributed by atoms with van der Waals surface area (Å²) in [6.07, 6.45) is -3.35. The lowest BCUT2D eigenvalue weighted by Crippen LogP contribution is -2.26. The summed E-state index contributed by atoms with van der Waals surface area (Å²) in [4.78, 5) is 15.2. The van der Waals surface area contributed by atoms with Crippen molar-refractivity contribution in [1.29, 1.82) is 0 Å². The maximum atomic E-state index is 13.8. The van der Waals surface area contributed by atoms with Crippen molar-refractivity contribution in [2.45, 2.75) is 30.5 Å². The normalized spacial score (nSPS) is 15.2. The van der Waals surface area contributed by atoms with Gasteiger partial charge in [0.1, 0.15) is 0 Å². The number of benzene rings is 2. The number of halogens is 3. The zero-order valence-corrected chi connectivity index (χ0v) is 20.3. The van der Waals surface area contributed by atoms with E-state index in [9.17, 15) is 26.4 Å². The van der Waals surface area contributed by atoms with Gasteiger partial charge in [0, 0.05) is 32.5 Å². The molecule has 4 rings (SSSR count). The van der Waals surface area contributed by atoms with E-state index in [2.05, 4.69) is 10.3 Å². The maximum Gasteiger partial charge on any atom is 0.449 e. The van der Waals surface area contributed by atoms with E-state index in [0.29, 0.717) is 31.7 Å². The van der Waals surface area contributed by atoms with E-state index in [4.69, 9.17) is 10.5 Å². The van der Waals surface area contributed by atoms with E-state index in [-0.39, 0.29) is 40.6 Å². The van der Waals surface area contributed by atoms with Crippen molar-refractivity contribution in [3.8, 4) is 0 Å². The Balaban J connectivity index is 1.65. The number of rotatable bonds is 7. The van der Waals surface area contributed by atoms with E-state index in [1.165, 1.54) is 49.5 Å². The van der Waals surface area contributed by atoms with Gasteiger partial charge >= 0.3 is 6.18 Å². The Morgan fingerprint density at radius 1 is 1.19 bits per heavy atom. The molecule has 1 fully saturated rings. The molecule has 9 nitrogen and oxygen atoms in total. The molecule has 0 spiro atoms. The number of anilines is 2. The van der Waals surface area contributed by atoms with Gasteiger partial charge in [0.05, 0.1) is 28.2 Å². The molecule has 36 heavy (non-hydrogen) atoms. The minimum Gasteiger partial charge on any atom is -0.381 e. The summed E-state index contributed by atoms with van der Waals surface area (Å²) in [6.45, 7) is 0.943. The third-order valence-electron chi connectivity index (χ3n) is 6.11. The Hall–Kier alpha value is -3.16. The second kappa shape index (κ2) is 10.1. The largest absolute Gasteiger partial charge is 0.449 e. The molecule has 0 unspecified atom stereocenters. The number of sulfonamides is 1. The van der Waals surface area contributed by atoms with Crippen LogP contribution < -0.4 is 15.4 Å². The molecule has 1 amide bonds. The molecule has 1 saturated heterocycles. The Kier molecular flexibility index (Phi) is 7.25. The number of carbonyl (C=O) groups is 1. The number of fused-ring (bicyclic) bond motifs is 1. The van der Waals surface area contributed by atoms with Gasteiger partial charge in [-0.25, -0.2) is 13.4 Å². The monoisotopic (exact) mass is 525 g/mol. The third-order valence-corrected chi connectivity index (χ3v) is 7.91. The predicted octanol–water partition coefficient (Wildman–Crippen LogP) is 3.20. The quantitative estimate of drug-likeness (QED) is 0.489. The number of alkyl halides is 3. The summed E-state index contributed by atoms with van der Waals surface area (Å²) in [5.74, 6) is -1.41. The number of nitrogens with two attached hydrogens (primary N) is 1. The fraction of sp³-hybridized carbons (Fsp3) is 0.391. The van der Waals surface area contributed by atoms with Crippen LogP contribution >= 0.6 is 0 Å². The molecule has 0 aliphatic carbocycles. The Morgan fingerprint density at radius 2 is 1.86 bits per heavy atom. The van der Waals surface area contributed by atoms with Crippen molar-refractivity contribution in [3.05, 3.63) is 48.3 Å². The number of imidazole rings is 1. The van der Waals surface area contributed by atoms with Crippen LogP contribution in [0, 0.1) is 5.92 Å². The lowest BCUT2D eigenvalue weighted by atomic mass is 10.0. The number of aromatic nitrogens is 2. The van der Waals surface area contributed by atoms with Crippen molar-refractivity contribution in [2.75, 3.05) is 36.4 Å². The average Bonchev–Trinajstić information content (AvgIpc) is 3.22. The fourth-order valence-corrected chi connectivity index (χ4v) is 5.31. The van der Waals surface area contributed by atoms with Crippen LogP contribution in [0.5, 0.6) is 0 Å². The van der Waals surface area contributed by atoms with Gasteiger partial charge in [-0.1, -0.05) is 0 Å². The highest BCUT2D eigenvalue weighted by molar-refractivity contribution is 7.92. The molecular formula is C23H26F3N5O4S. The van der Waals surface area contributed by atoms with Gasteiger partial charge in [-0.3, -0.25) is 9.10 Å². The number of hydrogen-bond donors (Lipinski definition) is 2. The standard InChI is InChI=1S/C23H26F3N5O4S/c1-30(36(33,34)18-5-2-16(3-6-18)28-21(32)13-27)17-4-7-20-19(12-17)29-22(23(24,25)26)31(20)14-15-8-10-35-11-9-15/h2-7,12,15H,8-11,13-14,27H2,1H3,(H,28,32). The summed E-state index contributed by atoms with van der Waals surface area (Å²) in [5, 5.41) is 2.52. The van der Waals surface area contributed by atoms with Gasteiger partial charge in [0.25, 0.3) is 10.0 Å². The first-order chi connectivity index (χ1) is 17.0. The van der Waals surface area contributed by atoms with Gasteiger partial charge in [0.15, 0.2) is 0 Å². The summed E-state index contributed by atoms with van der Waals surface area (Å²) < 4.78 is 75.2. The first-order valence-corrected chi connectivity index (χ1v) is 12.7. The van der Waals surface area contributed by atoms with E-state index in [0.717, 1.165) is 8.87 Å². The average molecular weight is 526 g/mol. The zero-order valence-electron chi connectivity index (χ0n) is 19.5. The van der Waals surface area contributed by atoms with Crippen molar-refractivity contribution in [3.63, 3.8) is 0 Å². The highest BCUT2D eigenvalue weighted by atomic mass is 32.2. The zero-order chi connectivity index (χ0) is 26.1. The Morgan fingerprint density at radius 3 is 2.47 bits per heavy atom. The smallest absolute Gasteiger partial charge is 0.381 e. The van der Waals surface area contributed by atoms with Crippen LogP contribution in [0.2, 0.25) is 0 Å². The van der Waals surface area contributed by atoms with Crippen LogP contribution in [0.4, 0.5) is 24.5 Å². The molecule has 1 aliphatic heterocycles. The molecular weight excluding hydrogens is 499 g/mol. The van der Waals surface area contributed by atoms with Crippen molar-refractivity contribution >= 4 is 38.3 Å². The van der Waals surface area contributed by atoms with Crippen molar-refractivity contribution < 1.29 is 31.1 Å². The number of carbonyl (C=O) groups excluding carboxylic acids is 1. The molecule has 0 radical (unpaired) electrons. The first kappa shape index (κ1) is 25.9. The van der Waals surface area contributed by atoms with Crippen LogP contribution in [-0.4, -0.2) is 50.7 Å². The number of nitrogens with one attached hydrogen (secondary N) is 1. The summed E-state index contributed by atoms with van der Waals surface area (Å²) in [6, 6.07) is 9.73. The Bertz CT molecular complexity index is 1350. The summed E-state index contributed by atoms with van der Waals surface area (Å²) in [5.41, 5.74) is 6.12. The lowest BCUT2D eigenvalue weighted by Gasteiger charge is -2.24. The molecule has 1 aliphatic rings. The van der Waals surface area contributed by atoms with Crippen LogP contribution in [0.25, 0.3) is 11.0 Å². The topological polar surface area (TPSA) is 120 Å².